The number of hydrogen-bond donors (Lipinski definition) is 1. The minimum absolute atomic E-state index is 0.0467. The zero-order chi connectivity index (χ0) is 15.5. The van der Waals surface area contributed by atoms with E-state index in [9.17, 15) is 4.79 Å². The van der Waals surface area contributed by atoms with E-state index in [1.807, 2.05) is 36.1 Å². The molecule has 0 spiro atoms. The number of amides is 1. The van der Waals surface area contributed by atoms with Crippen LogP contribution in [0.1, 0.15) is 18.3 Å². The van der Waals surface area contributed by atoms with Crippen molar-refractivity contribution < 1.29 is 9.32 Å². The smallest absolute Gasteiger partial charge is 0.258 e. The van der Waals surface area contributed by atoms with Gasteiger partial charge in [0.15, 0.2) is 5.82 Å². The monoisotopic (exact) mass is 300 g/mol. The van der Waals surface area contributed by atoms with Crippen molar-refractivity contribution in [3.05, 3.63) is 35.7 Å². The van der Waals surface area contributed by atoms with Crippen molar-refractivity contribution in [2.45, 2.75) is 26.3 Å². The Hall–Kier alpha value is -2.21. The van der Waals surface area contributed by atoms with Gasteiger partial charge >= 0.3 is 0 Å². The van der Waals surface area contributed by atoms with Gasteiger partial charge in [0.05, 0.1) is 6.42 Å². The van der Waals surface area contributed by atoms with Crippen molar-refractivity contribution in [1.82, 2.24) is 20.4 Å². The highest BCUT2D eigenvalue weighted by molar-refractivity contribution is 5.78. The Morgan fingerprint density at radius 1 is 1.45 bits per heavy atom. The standard InChI is InChI=1S/C16H20N4O2/c1-11-5-3-4-6-13(11)16-18-14(19-22-16)9-15(21)20-8-7-17-12(2)10-20/h3-6,12,17H,7-10H2,1-2H3. The maximum atomic E-state index is 12.3. The number of rotatable bonds is 3. The fourth-order valence-electron chi connectivity index (χ4n) is 2.65. The summed E-state index contributed by atoms with van der Waals surface area (Å²) >= 11 is 0. The summed E-state index contributed by atoms with van der Waals surface area (Å²) in [6.07, 6.45) is 0.183. The molecule has 1 amide bonds. The van der Waals surface area contributed by atoms with Crippen molar-refractivity contribution in [1.29, 1.82) is 0 Å². The topological polar surface area (TPSA) is 71.3 Å². The lowest BCUT2D eigenvalue weighted by Crippen LogP contribution is -2.51. The maximum absolute atomic E-state index is 12.3. The fraction of sp³-hybridized carbons (Fsp3) is 0.438. The van der Waals surface area contributed by atoms with E-state index >= 15 is 0 Å². The summed E-state index contributed by atoms with van der Waals surface area (Å²) in [5.41, 5.74) is 1.98. The maximum Gasteiger partial charge on any atom is 0.258 e. The van der Waals surface area contributed by atoms with Crippen molar-refractivity contribution >= 4 is 5.91 Å². The second kappa shape index (κ2) is 6.27. The van der Waals surface area contributed by atoms with E-state index in [0.29, 0.717) is 17.8 Å². The molecule has 3 rings (SSSR count). The lowest BCUT2D eigenvalue weighted by molar-refractivity contribution is -0.131. The van der Waals surface area contributed by atoms with Gasteiger partial charge in [-0.3, -0.25) is 4.79 Å². The molecule has 2 heterocycles. The molecule has 2 aromatic rings. The van der Waals surface area contributed by atoms with Gasteiger partial charge in [-0.2, -0.15) is 4.98 Å². The average Bonchev–Trinajstić information content (AvgIpc) is 2.96. The number of benzene rings is 1. The first-order valence-electron chi connectivity index (χ1n) is 7.53. The molecule has 1 saturated heterocycles. The highest BCUT2D eigenvalue weighted by atomic mass is 16.5. The van der Waals surface area contributed by atoms with Gasteiger partial charge in [0.25, 0.3) is 5.89 Å². The molecule has 0 radical (unpaired) electrons. The quantitative estimate of drug-likeness (QED) is 0.928. The lowest BCUT2D eigenvalue weighted by Gasteiger charge is -2.31. The Morgan fingerprint density at radius 3 is 3.05 bits per heavy atom. The molecular formula is C16H20N4O2. The van der Waals surface area contributed by atoms with Crippen LogP contribution in [0.5, 0.6) is 0 Å². The van der Waals surface area contributed by atoms with E-state index < -0.39 is 0 Å². The van der Waals surface area contributed by atoms with E-state index in [0.717, 1.165) is 30.8 Å². The number of nitrogens with one attached hydrogen (secondary N) is 1. The fourth-order valence-corrected chi connectivity index (χ4v) is 2.65. The van der Waals surface area contributed by atoms with Crippen LogP contribution in [0, 0.1) is 6.92 Å². The van der Waals surface area contributed by atoms with Crippen LogP contribution < -0.4 is 5.32 Å². The summed E-state index contributed by atoms with van der Waals surface area (Å²) < 4.78 is 5.30. The minimum Gasteiger partial charge on any atom is -0.339 e. The van der Waals surface area contributed by atoms with Crippen LogP contribution in [0.25, 0.3) is 11.5 Å². The van der Waals surface area contributed by atoms with Crippen LogP contribution in [-0.4, -0.2) is 46.6 Å². The third-order valence-electron chi connectivity index (χ3n) is 3.87. The molecule has 0 bridgehead atoms. The SMILES string of the molecule is Cc1ccccc1-c1nc(CC(=O)N2CCNC(C)C2)no1. The van der Waals surface area contributed by atoms with Gasteiger partial charge in [-0.15, -0.1) is 0 Å². The second-order valence-corrected chi connectivity index (χ2v) is 5.70. The molecule has 1 aliphatic heterocycles. The molecule has 1 unspecified atom stereocenters. The van der Waals surface area contributed by atoms with Gasteiger partial charge in [-0.05, 0) is 25.5 Å². The van der Waals surface area contributed by atoms with Crippen LogP contribution in [0.15, 0.2) is 28.8 Å². The first kappa shape index (κ1) is 14.7. The van der Waals surface area contributed by atoms with E-state index in [4.69, 9.17) is 4.52 Å². The number of carbonyl (C=O) groups is 1. The molecule has 6 nitrogen and oxygen atoms in total. The minimum atomic E-state index is 0.0467. The largest absolute Gasteiger partial charge is 0.339 e. The van der Waals surface area contributed by atoms with E-state index in [1.54, 1.807) is 0 Å². The van der Waals surface area contributed by atoms with Crippen LogP contribution in [0.2, 0.25) is 0 Å². The van der Waals surface area contributed by atoms with Gasteiger partial charge in [0.1, 0.15) is 0 Å². The molecule has 116 valence electrons. The predicted octanol–water partition coefficient (Wildman–Crippen LogP) is 1.41. The van der Waals surface area contributed by atoms with Gasteiger partial charge in [0, 0.05) is 31.2 Å². The van der Waals surface area contributed by atoms with E-state index in [2.05, 4.69) is 22.4 Å². The second-order valence-electron chi connectivity index (χ2n) is 5.70. The Labute approximate surface area is 129 Å². The third kappa shape index (κ3) is 3.17. The van der Waals surface area contributed by atoms with Crippen LogP contribution >= 0.6 is 0 Å². The molecule has 1 N–H and O–H groups in total. The van der Waals surface area contributed by atoms with Crippen LogP contribution in [0.3, 0.4) is 0 Å². The van der Waals surface area contributed by atoms with Crippen LogP contribution in [-0.2, 0) is 11.2 Å². The first-order chi connectivity index (χ1) is 10.6. The summed E-state index contributed by atoms with van der Waals surface area (Å²) in [6.45, 7) is 6.34. The van der Waals surface area contributed by atoms with E-state index in [1.165, 1.54) is 0 Å². The molecule has 1 atom stereocenters. The molecule has 22 heavy (non-hydrogen) atoms. The molecular weight excluding hydrogens is 280 g/mol. The average molecular weight is 300 g/mol. The Balaban J connectivity index is 1.69. The molecule has 6 heteroatoms. The van der Waals surface area contributed by atoms with Crippen molar-refractivity contribution in [2.75, 3.05) is 19.6 Å². The van der Waals surface area contributed by atoms with E-state index in [-0.39, 0.29) is 12.3 Å². The molecule has 1 aliphatic rings. The van der Waals surface area contributed by atoms with Crippen molar-refractivity contribution in [3.8, 4) is 11.5 Å². The van der Waals surface area contributed by atoms with Gasteiger partial charge in [-0.25, -0.2) is 0 Å². The molecule has 1 aromatic heterocycles. The van der Waals surface area contributed by atoms with Gasteiger partial charge < -0.3 is 14.7 Å². The normalized spacial score (nSPS) is 18.5. The first-order valence-corrected chi connectivity index (χ1v) is 7.53. The highest BCUT2D eigenvalue weighted by Crippen LogP contribution is 2.21. The Kier molecular flexibility index (Phi) is 4.20. The van der Waals surface area contributed by atoms with Gasteiger partial charge in [-0.1, -0.05) is 23.4 Å². The third-order valence-corrected chi connectivity index (χ3v) is 3.87. The summed E-state index contributed by atoms with van der Waals surface area (Å²) in [7, 11) is 0. The molecule has 0 aliphatic carbocycles. The molecule has 0 saturated carbocycles. The Bertz CT molecular complexity index is 668. The zero-order valence-electron chi connectivity index (χ0n) is 12.9. The number of aromatic nitrogens is 2. The predicted molar refractivity (Wildman–Crippen MR) is 82.2 cm³/mol. The number of nitrogens with zero attached hydrogens (tertiary/aromatic N) is 3. The lowest BCUT2D eigenvalue weighted by atomic mass is 10.1. The summed E-state index contributed by atoms with van der Waals surface area (Å²) in [4.78, 5) is 18.5. The van der Waals surface area contributed by atoms with Crippen molar-refractivity contribution in [2.24, 2.45) is 0 Å². The zero-order valence-corrected chi connectivity index (χ0v) is 12.9. The van der Waals surface area contributed by atoms with Gasteiger partial charge in [0.2, 0.25) is 5.91 Å². The molecule has 1 fully saturated rings. The van der Waals surface area contributed by atoms with Crippen molar-refractivity contribution in [3.63, 3.8) is 0 Å². The molecule has 1 aromatic carbocycles. The number of piperazine rings is 1. The summed E-state index contributed by atoms with van der Waals surface area (Å²) in [5, 5.41) is 7.26. The number of carbonyl (C=O) groups excluding carboxylic acids is 1. The summed E-state index contributed by atoms with van der Waals surface area (Å²) in [6, 6.07) is 8.15. The Morgan fingerprint density at radius 2 is 2.27 bits per heavy atom. The summed E-state index contributed by atoms with van der Waals surface area (Å²) in [5.74, 6) is 0.953. The van der Waals surface area contributed by atoms with Crippen LogP contribution in [0.4, 0.5) is 0 Å². The highest BCUT2D eigenvalue weighted by Gasteiger charge is 2.22. The number of hydrogen-bond acceptors (Lipinski definition) is 5. The number of aryl methyl sites for hydroxylation is 1.